The van der Waals surface area contributed by atoms with Crippen molar-refractivity contribution in [2.24, 2.45) is 0 Å². The monoisotopic (exact) mass is 354 g/mol. The van der Waals surface area contributed by atoms with Crippen molar-refractivity contribution in [1.82, 2.24) is 14.4 Å². The summed E-state index contributed by atoms with van der Waals surface area (Å²) in [5, 5.41) is 10.4. The second-order valence-corrected chi connectivity index (χ2v) is 7.43. The molecule has 0 aliphatic rings. The minimum atomic E-state index is 0.277. The molecule has 4 aromatic rings. The van der Waals surface area contributed by atoms with Gasteiger partial charge in [-0.15, -0.1) is 0 Å². The van der Waals surface area contributed by atoms with Crippen LogP contribution >= 0.6 is 0 Å². The van der Waals surface area contributed by atoms with Gasteiger partial charge in [-0.25, -0.2) is 4.98 Å². The predicted molar refractivity (Wildman–Crippen MR) is 108 cm³/mol. The summed E-state index contributed by atoms with van der Waals surface area (Å²) in [6.45, 7) is 6.60. The van der Waals surface area contributed by atoms with Crippen LogP contribution in [0.2, 0.25) is 0 Å². The molecule has 0 amide bonds. The molecule has 4 nitrogen and oxygen atoms in total. The maximum Gasteiger partial charge on any atom is 0.136 e. The fourth-order valence-corrected chi connectivity index (χ4v) is 3.64. The number of nitrogens with zero attached hydrogens (tertiary/aromatic N) is 4. The van der Waals surface area contributed by atoms with E-state index >= 15 is 0 Å². The minimum Gasteiger partial charge on any atom is -0.307 e. The number of rotatable bonds is 4. The lowest BCUT2D eigenvalue weighted by atomic mass is 9.91. The van der Waals surface area contributed by atoms with Gasteiger partial charge in [0.15, 0.2) is 0 Å². The highest BCUT2D eigenvalue weighted by Crippen LogP contribution is 2.29. The van der Waals surface area contributed by atoms with Crippen LogP contribution in [-0.4, -0.2) is 14.4 Å². The van der Waals surface area contributed by atoms with Gasteiger partial charge in [-0.05, 0) is 47.6 Å². The van der Waals surface area contributed by atoms with Gasteiger partial charge >= 0.3 is 0 Å². The van der Waals surface area contributed by atoms with Gasteiger partial charge in [-0.1, -0.05) is 39.0 Å². The zero-order chi connectivity index (χ0) is 19.0. The van der Waals surface area contributed by atoms with E-state index in [1.165, 1.54) is 11.1 Å². The van der Waals surface area contributed by atoms with Gasteiger partial charge in [-0.3, -0.25) is 4.98 Å². The van der Waals surface area contributed by atoms with E-state index in [0.717, 1.165) is 28.7 Å². The molecule has 0 N–H and O–H groups in total. The van der Waals surface area contributed by atoms with Gasteiger partial charge in [0.2, 0.25) is 0 Å². The molecule has 27 heavy (non-hydrogen) atoms. The van der Waals surface area contributed by atoms with E-state index in [1.54, 1.807) is 6.20 Å². The molecule has 4 rings (SSSR count). The Hall–Kier alpha value is -3.19. The Kier molecular flexibility index (Phi) is 4.37. The van der Waals surface area contributed by atoms with Gasteiger partial charge in [0.1, 0.15) is 11.7 Å². The van der Waals surface area contributed by atoms with Crippen LogP contribution < -0.4 is 0 Å². The van der Waals surface area contributed by atoms with E-state index in [9.17, 15) is 5.26 Å². The largest absolute Gasteiger partial charge is 0.307 e. The number of hydrogen-bond donors (Lipinski definition) is 0. The molecule has 0 aliphatic carbocycles. The van der Waals surface area contributed by atoms with Gasteiger partial charge < -0.3 is 4.40 Å². The van der Waals surface area contributed by atoms with Gasteiger partial charge in [0, 0.05) is 24.0 Å². The number of imidazole rings is 1. The second kappa shape index (κ2) is 6.85. The van der Waals surface area contributed by atoms with Crippen LogP contribution in [0.1, 0.15) is 55.0 Å². The molecule has 1 atom stereocenters. The van der Waals surface area contributed by atoms with Crippen LogP contribution in [0.5, 0.6) is 0 Å². The maximum absolute atomic E-state index is 9.34. The van der Waals surface area contributed by atoms with Crippen molar-refractivity contribution in [3.63, 3.8) is 0 Å². The summed E-state index contributed by atoms with van der Waals surface area (Å²) >= 11 is 0. The van der Waals surface area contributed by atoms with Crippen LogP contribution in [-0.2, 0) is 6.42 Å². The topological polar surface area (TPSA) is 54.0 Å². The van der Waals surface area contributed by atoms with Crippen molar-refractivity contribution in [3.8, 4) is 6.07 Å². The molecule has 0 saturated heterocycles. The summed E-state index contributed by atoms with van der Waals surface area (Å²) < 4.78 is 2.12. The molecule has 0 spiro atoms. The molecular weight excluding hydrogens is 332 g/mol. The first-order chi connectivity index (χ1) is 13.1. The number of pyridine rings is 2. The summed E-state index contributed by atoms with van der Waals surface area (Å²) in [6, 6.07) is 14.4. The fourth-order valence-electron chi connectivity index (χ4n) is 3.64. The third kappa shape index (κ3) is 3.17. The Balaban J connectivity index is 1.68. The van der Waals surface area contributed by atoms with E-state index < -0.39 is 0 Å². The van der Waals surface area contributed by atoms with Crippen LogP contribution in [0.15, 0.2) is 55.0 Å². The molecule has 1 unspecified atom stereocenters. The smallest absolute Gasteiger partial charge is 0.136 e. The van der Waals surface area contributed by atoms with E-state index in [-0.39, 0.29) is 5.92 Å². The van der Waals surface area contributed by atoms with E-state index in [1.807, 2.05) is 18.2 Å². The molecule has 3 heterocycles. The zero-order valence-corrected chi connectivity index (χ0v) is 15.8. The van der Waals surface area contributed by atoms with Crippen molar-refractivity contribution in [3.05, 3.63) is 77.4 Å². The second-order valence-electron chi connectivity index (χ2n) is 7.43. The molecule has 134 valence electrons. The zero-order valence-electron chi connectivity index (χ0n) is 15.8. The summed E-state index contributed by atoms with van der Waals surface area (Å²) in [4.78, 5) is 9.21. The molecule has 4 heteroatoms. The highest BCUT2D eigenvalue weighted by Gasteiger charge is 2.15. The van der Waals surface area contributed by atoms with Gasteiger partial charge in [-0.2, -0.15) is 5.26 Å². The Morgan fingerprint density at radius 3 is 2.70 bits per heavy atom. The molecular formula is C23H22N4. The highest BCUT2D eigenvalue weighted by atomic mass is 15.0. The summed E-state index contributed by atoms with van der Waals surface area (Å²) in [5.74, 6) is 0.774. The highest BCUT2D eigenvalue weighted by molar-refractivity contribution is 5.87. The number of fused-ring (bicyclic) bond motifs is 2. The first-order valence-electron chi connectivity index (χ1n) is 9.32. The van der Waals surface area contributed by atoms with Crippen molar-refractivity contribution < 1.29 is 0 Å². The summed E-state index contributed by atoms with van der Waals surface area (Å²) in [6.07, 6.45) is 6.88. The molecule has 0 radical (unpaired) electrons. The first kappa shape index (κ1) is 17.2. The Labute approximate surface area is 159 Å². The lowest BCUT2D eigenvalue weighted by molar-refractivity contribution is 0.751. The van der Waals surface area contributed by atoms with Gasteiger partial charge in [0.05, 0.1) is 16.8 Å². The van der Waals surface area contributed by atoms with Crippen molar-refractivity contribution >= 4 is 16.6 Å². The van der Waals surface area contributed by atoms with Crippen molar-refractivity contribution in [2.45, 2.75) is 39.0 Å². The number of aromatic nitrogens is 3. The van der Waals surface area contributed by atoms with Crippen LogP contribution in [0.3, 0.4) is 0 Å². The van der Waals surface area contributed by atoms with Crippen molar-refractivity contribution in [2.75, 3.05) is 0 Å². The van der Waals surface area contributed by atoms with Crippen LogP contribution in [0.4, 0.5) is 0 Å². The summed E-state index contributed by atoms with van der Waals surface area (Å²) in [5.41, 5.74) is 5.97. The Morgan fingerprint density at radius 1 is 1.07 bits per heavy atom. The van der Waals surface area contributed by atoms with Crippen LogP contribution in [0.25, 0.3) is 16.6 Å². The average molecular weight is 354 g/mol. The average Bonchev–Trinajstić information content (AvgIpc) is 3.08. The fraction of sp³-hybridized carbons (Fsp3) is 0.261. The number of hydrogen-bond acceptors (Lipinski definition) is 3. The number of benzene rings is 1. The Bertz CT molecular complexity index is 1160. The van der Waals surface area contributed by atoms with E-state index in [2.05, 4.69) is 66.8 Å². The van der Waals surface area contributed by atoms with Gasteiger partial charge in [0.25, 0.3) is 0 Å². The SMILES string of the molecule is CC(C)c1ccc2nc(CC(C)c3ccc(C#N)c4ncccc34)cn2c1. The molecule has 0 saturated carbocycles. The van der Waals surface area contributed by atoms with E-state index in [0.29, 0.717) is 11.5 Å². The quantitative estimate of drug-likeness (QED) is 0.504. The third-order valence-electron chi connectivity index (χ3n) is 5.16. The third-order valence-corrected chi connectivity index (χ3v) is 5.16. The maximum atomic E-state index is 9.34. The van der Waals surface area contributed by atoms with Crippen molar-refractivity contribution in [1.29, 1.82) is 5.26 Å². The number of nitriles is 1. The molecule has 0 aliphatic heterocycles. The Morgan fingerprint density at radius 2 is 1.93 bits per heavy atom. The lowest BCUT2D eigenvalue weighted by Gasteiger charge is -2.14. The molecule has 3 aromatic heterocycles. The van der Waals surface area contributed by atoms with E-state index in [4.69, 9.17) is 4.98 Å². The first-order valence-corrected chi connectivity index (χ1v) is 9.32. The normalized spacial score (nSPS) is 12.6. The minimum absolute atomic E-state index is 0.277. The lowest BCUT2D eigenvalue weighted by Crippen LogP contribution is -2.01. The summed E-state index contributed by atoms with van der Waals surface area (Å²) in [7, 11) is 0. The molecule has 0 fully saturated rings. The predicted octanol–water partition coefficient (Wildman–Crippen LogP) is 5.22. The molecule has 1 aromatic carbocycles. The van der Waals surface area contributed by atoms with Crippen LogP contribution in [0, 0.1) is 11.3 Å². The molecule has 0 bridgehead atoms. The standard InChI is InChI=1S/C23H22N4/c1-15(2)18-7-9-22-26-19(14-27(22)13-18)11-16(3)20-8-6-17(12-24)23-21(20)5-4-10-25-23/h4-10,13-16H,11H2,1-3H3.